The summed E-state index contributed by atoms with van der Waals surface area (Å²) in [6.45, 7) is 0. The van der Waals surface area contributed by atoms with Gasteiger partial charge in [-0.05, 0) is 96.1 Å². The predicted molar refractivity (Wildman–Crippen MR) is 288 cm³/mol. The van der Waals surface area contributed by atoms with Crippen molar-refractivity contribution < 1.29 is 4.42 Å². The molecule has 0 spiro atoms. The number of fused-ring (bicyclic) bond motifs is 4. The first-order valence-corrected chi connectivity index (χ1v) is 25.3. The van der Waals surface area contributed by atoms with Crippen LogP contribution >= 0.6 is 10.0 Å². The Morgan fingerprint density at radius 2 is 0.732 bits per heavy atom. The molecule has 0 saturated carbocycles. The van der Waals surface area contributed by atoms with Crippen molar-refractivity contribution in [3.8, 4) is 67.8 Å². The molecule has 13 aromatic rings. The van der Waals surface area contributed by atoms with Gasteiger partial charge in [0.15, 0.2) is 17.5 Å². The van der Waals surface area contributed by atoms with Gasteiger partial charge in [0.2, 0.25) is 0 Å². The van der Waals surface area contributed by atoms with Crippen molar-refractivity contribution in [1.82, 2.24) is 24.3 Å². The largest absolute Gasteiger partial charge is 0.456 e. The lowest BCUT2D eigenvalue weighted by molar-refractivity contribution is 0.669. The smallest absolute Gasteiger partial charge is 0.164 e. The van der Waals surface area contributed by atoms with Gasteiger partial charge in [-0.3, -0.25) is 4.40 Å². The van der Waals surface area contributed by atoms with Crippen LogP contribution in [0.2, 0.25) is 0 Å². The number of hydrogen-bond donors (Lipinski definition) is 0. The molecular formula is C64H43N5OS. The van der Waals surface area contributed by atoms with Crippen LogP contribution in [0.3, 0.4) is 0 Å². The van der Waals surface area contributed by atoms with E-state index in [-0.39, 0.29) is 0 Å². The second-order valence-corrected chi connectivity index (χ2v) is 20.6. The Labute approximate surface area is 412 Å². The summed E-state index contributed by atoms with van der Waals surface area (Å²) in [7, 11) is -1.92. The molecule has 4 aromatic heterocycles. The quantitative estimate of drug-likeness (QED) is 0.137. The molecule has 0 saturated heterocycles. The van der Waals surface area contributed by atoms with Gasteiger partial charge < -0.3 is 4.42 Å². The summed E-state index contributed by atoms with van der Waals surface area (Å²) in [6.07, 6.45) is 2.11. The lowest BCUT2D eigenvalue weighted by atomic mass is 10.0. The lowest BCUT2D eigenvalue weighted by Gasteiger charge is -2.42. The van der Waals surface area contributed by atoms with Gasteiger partial charge in [-0.2, -0.15) is 0 Å². The fourth-order valence-corrected chi connectivity index (χ4v) is 13.8. The normalized spacial score (nSPS) is 11.9. The zero-order valence-electron chi connectivity index (χ0n) is 38.4. The van der Waals surface area contributed by atoms with Gasteiger partial charge in [-0.15, -0.1) is 10.0 Å². The molecule has 71 heavy (non-hydrogen) atoms. The molecule has 6 nitrogen and oxygen atoms in total. The molecule has 0 bridgehead atoms. The van der Waals surface area contributed by atoms with Crippen LogP contribution in [-0.4, -0.2) is 24.3 Å². The van der Waals surface area contributed by atoms with Gasteiger partial charge in [0.05, 0.1) is 11.4 Å². The van der Waals surface area contributed by atoms with Crippen molar-refractivity contribution in [3.05, 3.63) is 261 Å². The maximum atomic E-state index is 6.79. The van der Waals surface area contributed by atoms with Gasteiger partial charge in [-0.25, -0.2) is 19.9 Å². The van der Waals surface area contributed by atoms with Crippen LogP contribution in [0.1, 0.15) is 0 Å². The summed E-state index contributed by atoms with van der Waals surface area (Å²) < 4.78 is 9.00. The third-order valence-corrected chi connectivity index (χ3v) is 17.1. The summed E-state index contributed by atoms with van der Waals surface area (Å²) >= 11 is 0. The Balaban J connectivity index is 0.921. The van der Waals surface area contributed by atoms with Crippen LogP contribution in [0.5, 0.6) is 0 Å². The number of benzene rings is 9. The topological polar surface area (TPSA) is 69.1 Å². The molecule has 13 rings (SSSR count). The first-order valence-electron chi connectivity index (χ1n) is 23.7. The molecule has 0 amide bonds. The first kappa shape index (κ1) is 42.0. The van der Waals surface area contributed by atoms with Crippen LogP contribution in [0.25, 0.3) is 95.4 Å². The second kappa shape index (κ2) is 17.7. The molecule has 0 N–H and O–H groups in total. The summed E-state index contributed by atoms with van der Waals surface area (Å²) in [5.74, 6) is 1.77. The molecule has 0 radical (unpaired) electrons. The van der Waals surface area contributed by atoms with Gasteiger partial charge in [0.25, 0.3) is 0 Å². The highest BCUT2D eigenvalue weighted by molar-refractivity contribution is 8.34. The van der Waals surface area contributed by atoms with Crippen molar-refractivity contribution >= 4 is 37.6 Å². The molecule has 7 heteroatoms. The summed E-state index contributed by atoms with van der Waals surface area (Å²) in [5, 5.41) is 2.03. The Bertz CT molecular complexity index is 3930. The number of rotatable bonds is 10. The standard InChI is InChI=1S/C64H43N5OS/c1-6-19-44(20-7-1)45-32-34-47(35-33-45)63-66-62(46-21-8-2-9-22-46)67-64(68-63)50-37-39-56-55-38-36-48(42-57(55)70-58(56)43-50)60-61(69-40-17-16-31-59(69)65-60)49-23-18-30-54(41-49)71(51-24-10-3-11-25-51,52-26-12-4-13-27-52)53-28-14-5-15-29-53/h1-43H. The van der Waals surface area contributed by atoms with Crippen molar-refractivity contribution in [2.24, 2.45) is 0 Å². The second-order valence-electron chi connectivity index (χ2n) is 17.5. The predicted octanol–water partition coefficient (Wildman–Crippen LogP) is 16.8. The first-order chi connectivity index (χ1) is 35.2. The maximum Gasteiger partial charge on any atom is 0.164 e. The molecule has 0 atom stereocenters. The van der Waals surface area contributed by atoms with Gasteiger partial charge in [-0.1, -0.05) is 170 Å². The molecule has 0 aliphatic heterocycles. The van der Waals surface area contributed by atoms with E-state index in [0.29, 0.717) is 17.5 Å². The zero-order chi connectivity index (χ0) is 47.1. The Kier molecular flexibility index (Phi) is 10.5. The molecular weight excluding hydrogens is 887 g/mol. The maximum absolute atomic E-state index is 6.79. The third-order valence-electron chi connectivity index (χ3n) is 13.2. The summed E-state index contributed by atoms with van der Waals surface area (Å²) in [6, 6.07) is 89.7. The van der Waals surface area contributed by atoms with Crippen LogP contribution in [-0.2, 0) is 0 Å². The van der Waals surface area contributed by atoms with Gasteiger partial charge in [0.1, 0.15) is 16.8 Å². The van der Waals surface area contributed by atoms with Gasteiger partial charge >= 0.3 is 0 Å². The molecule has 4 heterocycles. The van der Waals surface area contributed by atoms with Crippen molar-refractivity contribution in [1.29, 1.82) is 0 Å². The number of pyridine rings is 1. The Morgan fingerprint density at radius 3 is 1.32 bits per heavy atom. The van der Waals surface area contributed by atoms with E-state index < -0.39 is 10.0 Å². The van der Waals surface area contributed by atoms with E-state index in [1.54, 1.807) is 0 Å². The molecule has 0 aliphatic carbocycles. The van der Waals surface area contributed by atoms with E-state index in [2.05, 4.69) is 217 Å². The fraction of sp³-hybridized carbons (Fsp3) is 0. The Morgan fingerprint density at radius 1 is 0.310 bits per heavy atom. The van der Waals surface area contributed by atoms with E-state index in [1.807, 2.05) is 48.5 Å². The van der Waals surface area contributed by atoms with Crippen molar-refractivity contribution in [3.63, 3.8) is 0 Å². The van der Waals surface area contributed by atoms with Crippen LogP contribution < -0.4 is 0 Å². The minimum Gasteiger partial charge on any atom is -0.456 e. The van der Waals surface area contributed by atoms with E-state index >= 15 is 0 Å². The summed E-state index contributed by atoms with van der Waals surface area (Å²) in [4.78, 5) is 25.5. The number of furan rings is 1. The number of hydrogen-bond acceptors (Lipinski definition) is 5. The highest BCUT2D eigenvalue weighted by Gasteiger charge is 2.34. The van der Waals surface area contributed by atoms with Crippen molar-refractivity contribution in [2.45, 2.75) is 19.6 Å². The van der Waals surface area contributed by atoms with E-state index in [0.717, 1.165) is 77.9 Å². The summed E-state index contributed by atoms with van der Waals surface area (Å²) in [5.41, 5.74) is 11.2. The fourth-order valence-electron chi connectivity index (χ4n) is 9.85. The lowest BCUT2D eigenvalue weighted by Crippen LogP contribution is -2.05. The van der Waals surface area contributed by atoms with Gasteiger partial charge in [0, 0.05) is 64.4 Å². The van der Waals surface area contributed by atoms with Crippen LogP contribution in [0, 0.1) is 0 Å². The molecule has 0 fully saturated rings. The van der Waals surface area contributed by atoms with E-state index in [1.165, 1.54) is 19.6 Å². The average molecular weight is 930 g/mol. The van der Waals surface area contributed by atoms with Crippen molar-refractivity contribution in [2.75, 3.05) is 0 Å². The van der Waals surface area contributed by atoms with E-state index in [4.69, 9.17) is 24.4 Å². The zero-order valence-corrected chi connectivity index (χ0v) is 39.2. The number of nitrogens with zero attached hydrogens (tertiary/aromatic N) is 5. The van der Waals surface area contributed by atoms with Crippen LogP contribution in [0.4, 0.5) is 0 Å². The van der Waals surface area contributed by atoms with E-state index in [9.17, 15) is 0 Å². The minimum absolute atomic E-state index is 0.568. The molecule has 336 valence electrons. The average Bonchev–Trinajstić information content (AvgIpc) is 4.03. The number of imidazole rings is 1. The third kappa shape index (κ3) is 7.47. The molecule has 0 aliphatic rings. The highest BCUT2D eigenvalue weighted by atomic mass is 32.3. The SMILES string of the molecule is c1ccc(-c2ccc(-c3nc(-c4ccccc4)nc(-c4ccc5c(c4)oc4cc(-c6nc7ccccn7c6-c6cccc(S(c7ccccc7)(c7ccccc7)c7ccccc7)c6)ccc45)n3)cc2)cc1. The molecule has 9 aromatic carbocycles. The highest BCUT2D eigenvalue weighted by Crippen LogP contribution is 2.73. The minimum atomic E-state index is -1.92. The Hall–Kier alpha value is -9.17. The number of aromatic nitrogens is 5. The molecule has 0 unspecified atom stereocenters. The van der Waals surface area contributed by atoms with Crippen LogP contribution in [0.15, 0.2) is 285 Å². The monoisotopic (exact) mass is 929 g/mol.